The van der Waals surface area contributed by atoms with Gasteiger partial charge in [0, 0.05) is 5.38 Å². The average molecular weight is 353 g/mol. The van der Waals surface area contributed by atoms with Crippen molar-refractivity contribution in [2.75, 3.05) is 5.32 Å². The molecule has 1 N–H and O–H groups in total. The van der Waals surface area contributed by atoms with Gasteiger partial charge in [0.25, 0.3) is 0 Å². The van der Waals surface area contributed by atoms with Gasteiger partial charge in [0.15, 0.2) is 5.13 Å². The van der Waals surface area contributed by atoms with Crippen LogP contribution < -0.4 is 5.32 Å². The van der Waals surface area contributed by atoms with E-state index < -0.39 is 0 Å². The van der Waals surface area contributed by atoms with Crippen molar-refractivity contribution >= 4 is 45.3 Å². The van der Waals surface area contributed by atoms with E-state index in [0.29, 0.717) is 9.47 Å². The maximum Gasteiger partial charge on any atom is 0.230 e. The molecule has 0 spiro atoms. The first-order chi connectivity index (χ1) is 10.6. The lowest BCUT2D eigenvalue weighted by atomic mass is 10.1. The van der Waals surface area contributed by atoms with Crippen LogP contribution in [0, 0.1) is 5.82 Å². The molecule has 0 atom stereocenters. The molecule has 0 saturated heterocycles. The molecule has 1 aromatic carbocycles. The lowest BCUT2D eigenvalue weighted by molar-refractivity contribution is -0.115. The number of amides is 1. The van der Waals surface area contributed by atoms with Crippen LogP contribution in [0.2, 0.25) is 4.34 Å². The highest BCUT2D eigenvalue weighted by Crippen LogP contribution is 2.32. The fraction of sp³-hybridized carbons (Fsp3) is 0.0667. The topological polar surface area (TPSA) is 42.0 Å². The number of benzene rings is 1. The van der Waals surface area contributed by atoms with Gasteiger partial charge in [-0.3, -0.25) is 4.79 Å². The lowest BCUT2D eigenvalue weighted by Crippen LogP contribution is -2.14. The number of rotatable bonds is 4. The van der Waals surface area contributed by atoms with Crippen LogP contribution in [0.4, 0.5) is 9.52 Å². The van der Waals surface area contributed by atoms with Gasteiger partial charge in [-0.25, -0.2) is 9.37 Å². The van der Waals surface area contributed by atoms with E-state index >= 15 is 0 Å². The number of anilines is 1. The Balaban J connectivity index is 1.64. The van der Waals surface area contributed by atoms with Crippen molar-refractivity contribution in [1.82, 2.24) is 4.98 Å². The van der Waals surface area contributed by atoms with Crippen LogP contribution in [-0.4, -0.2) is 10.9 Å². The molecular weight excluding hydrogens is 343 g/mol. The first kappa shape index (κ1) is 15.1. The Hall–Kier alpha value is -1.76. The third-order valence-corrected chi connectivity index (χ3v) is 4.87. The zero-order valence-electron chi connectivity index (χ0n) is 11.2. The van der Waals surface area contributed by atoms with Crippen LogP contribution in [0.1, 0.15) is 5.56 Å². The molecule has 3 nitrogen and oxygen atoms in total. The van der Waals surface area contributed by atoms with Crippen molar-refractivity contribution < 1.29 is 9.18 Å². The van der Waals surface area contributed by atoms with Crippen LogP contribution in [0.5, 0.6) is 0 Å². The Morgan fingerprint density at radius 3 is 2.68 bits per heavy atom. The molecular formula is C15H10ClFN2OS2. The second kappa shape index (κ2) is 6.56. The minimum Gasteiger partial charge on any atom is -0.302 e. The van der Waals surface area contributed by atoms with Gasteiger partial charge in [0.1, 0.15) is 5.82 Å². The normalized spacial score (nSPS) is 10.6. The Bertz CT molecular complexity index is 798. The van der Waals surface area contributed by atoms with Gasteiger partial charge in [-0.2, -0.15) is 0 Å². The van der Waals surface area contributed by atoms with Crippen molar-refractivity contribution in [1.29, 1.82) is 0 Å². The summed E-state index contributed by atoms with van der Waals surface area (Å²) < 4.78 is 13.5. The standard InChI is InChI=1S/C15H10ClFN2OS2/c16-13-6-5-12(22-13)11-8-21-15(18-11)19-14(20)7-9-1-3-10(17)4-2-9/h1-6,8H,7H2,(H,18,19,20). The Labute approximate surface area is 139 Å². The predicted molar refractivity (Wildman–Crippen MR) is 89.2 cm³/mol. The Morgan fingerprint density at radius 1 is 1.23 bits per heavy atom. The average Bonchev–Trinajstić information content (AvgIpc) is 3.10. The Morgan fingerprint density at radius 2 is 2.00 bits per heavy atom. The van der Waals surface area contributed by atoms with Gasteiger partial charge in [0.05, 0.1) is 21.3 Å². The SMILES string of the molecule is O=C(Cc1ccc(F)cc1)Nc1nc(-c2ccc(Cl)s2)cs1. The molecule has 3 rings (SSSR count). The van der Waals surface area contributed by atoms with Crippen LogP contribution in [0.25, 0.3) is 10.6 Å². The number of nitrogens with one attached hydrogen (secondary N) is 1. The summed E-state index contributed by atoms with van der Waals surface area (Å²) in [5, 5.41) is 5.15. The number of carbonyl (C=O) groups excluding carboxylic acids is 1. The predicted octanol–water partition coefficient (Wildman–Crippen LogP) is 4.85. The van der Waals surface area contributed by atoms with E-state index in [-0.39, 0.29) is 18.1 Å². The van der Waals surface area contributed by atoms with E-state index in [2.05, 4.69) is 10.3 Å². The number of nitrogens with zero attached hydrogens (tertiary/aromatic N) is 1. The number of thiazole rings is 1. The summed E-state index contributed by atoms with van der Waals surface area (Å²) in [6, 6.07) is 9.57. The molecule has 0 aliphatic rings. The lowest BCUT2D eigenvalue weighted by Gasteiger charge is -2.01. The largest absolute Gasteiger partial charge is 0.302 e. The number of halogens is 2. The smallest absolute Gasteiger partial charge is 0.230 e. The second-order valence-electron chi connectivity index (χ2n) is 4.49. The molecule has 112 valence electrons. The maximum absolute atomic E-state index is 12.8. The number of hydrogen-bond acceptors (Lipinski definition) is 4. The molecule has 0 radical (unpaired) electrons. The first-order valence-electron chi connectivity index (χ1n) is 6.36. The monoisotopic (exact) mass is 352 g/mol. The molecule has 2 heterocycles. The van der Waals surface area contributed by atoms with E-state index in [1.54, 1.807) is 12.1 Å². The molecule has 0 unspecified atom stereocenters. The van der Waals surface area contributed by atoms with E-state index in [1.165, 1.54) is 34.8 Å². The minimum atomic E-state index is -0.316. The summed E-state index contributed by atoms with van der Waals surface area (Å²) >= 11 is 8.69. The quantitative estimate of drug-likeness (QED) is 0.729. The van der Waals surface area contributed by atoms with E-state index in [1.807, 2.05) is 17.5 Å². The molecule has 0 fully saturated rings. The van der Waals surface area contributed by atoms with Gasteiger partial charge in [-0.05, 0) is 29.8 Å². The molecule has 0 bridgehead atoms. The number of aromatic nitrogens is 1. The Kier molecular flexibility index (Phi) is 4.52. The van der Waals surface area contributed by atoms with Gasteiger partial charge in [0.2, 0.25) is 5.91 Å². The zero-order chi connectivity index (χ0) is 15.5. The molecule has 0 saturated carbocycles. The summed E-state index contributed by atoms with van der Waals surface area (Å²) in [4.78, 5) is 17.3. The number of carbonyl (C=O) groups is 1. The highest BCUT2D eigenvalue weighted by molar-refractivity contribution is 7.20. The fourth-order valence-electron chi connectivity index (χ4n) is 1.85. The summed E-state index contributed by atoms with van der Waals surface area (Å²) in [5.74, 6) is -0.500. The summed E-state index contributed by atoms with van der Waals surface area (Å²) in [6.45, 7) is 0. The second-order valence-corrected chi connectivity index (χ2v) is 7.07. The molecule has 7 heteroatoms. The van der Waals surface area contributed by atoms with Gasteiger partial charge in [-0.1, -0.05) is 23.7 Å². The van der Waals surface area contributed by atoms with E-state index in [9.17, 15) is 9.18 Å². The van der Waals surface area contributed by atoms with Crippen LogP contribution >= 0.6 is 34.3 Å². The summed E-state index contributed by atoms with van der Waals surface area (Å²) in [5.41, 5.74) is 1.54. The molecule has 2 aromatic heterocycles. The molecule has 3 aromatic rings. The molecule has 0 aliphatic heterocycles. The van der Waals surface area contributed by atoms with Crippen molar-refractivity contribution in [3.05, 3.63) is 57.5 Å². The third-order valence-electron chi connectivity index (χ3n) is 2.85. The van der Waals surface area contributed by atoms with E-state index in [0.717, 1.165) is 16.1 Å². The highest BCUT2D eigenvalue weighted by Gasteiger charge is 2.10. The van der Waals surface area contributed by atoms with E-state index in [4.69, 9.17) is 11.6 Å². The van der Waals surface area contributed by atoms with Crippen LogP contribution in [-0.2, 0) is 11.2 Å². The maximum atomic E-state index is 12.8. The third kappa shape index (κ3) is 3.71. The number of thiophene rings is 1. The van der Waals surface area contributed by atoms with Crippen molar-refractivity contribution in [3.8, 4) is 10.6 Å². The first-order valence-corrected chi connectivity index (χ1v) is 8.43. The number of hydrogen-bond donors (Lipinski definition) is 1. The highest BCUT2D eigenvalue weighted by atomic mass is 35.5. The van der Waals surface area contributed by atoms with Crippen molar-refractivity contribution in [3.63, 3.8) is 0 Å². The molecule has 22 heavy (non-hydrogen) atoms. The van der Waals surface area contributed by atoms with Crippen molar-refractivity contribution in [2.45, 2.75) is 6.42 Å². The summed E-state index contributed by atoms with van der Waals surface area (Å²) in [6.07, 6.45) is 0.181. The molecule has 0 aliphatic carbocycles. The zero-order valence-corrected chi connectivity index (χ0v) is 13.6. The molecule has 1 amide bonds. The summed E-state index contributed by atoms with van der Waals surface area (Å²) in [7, 11) is 0. The minimum absolute atomic E-state index is 0.181. The van der Waals surface area contributed by atoms with Crippen LogP contribution in [0.3, 0.4) is 0 Å². The van der Waals surface area contributed by atoms with Gasteiger partial charge in [-0.15, -0.1) is 22.7 Å². The van der Waals surface area contributed by atoms with Crippen molar-refractivity contribution in [2.24, 2.45) is 0 Å². The van der Waals surface area contributed by atoms with Gasteiger partial charge < -0.3 is 5.32 Å². The fourth-order valence-corrected chi connectivity index (χ4v) is 3.65. The van der Waals surface area contributed by atoms with Crippen LogP contribution in [0.15, 0.2) is 41.8 Å². The van der Waals surface area contributed by atoms with Gasteiger partial charge >= 0.3 is 0 Å².